The van der Waals surface area contributed by atoms with Crippen molar-refractivity contribution in [3.8, 4) is 0 Å². The summed E-state index contributed by atoms with van der Waals surface area (Å²) in [5.41, 5.74) is 5.28. The molecule has 0 aliphatic heterocycles. The Labute approximate surface area is 134 Å². The van der Waals surface area contributed by atoms with E-state index in [1.165, 1.54) is 6.07 Å². The molecule has 8 heteroatoms. The van der Waals surface area contributed by atoms with Crippen LogP contribution in [0.4, 0.5) is 0 Å². The summed E-state index contributed by atoms with van der Waals surface area (Å²) in [4.78, 5) is 23.5. The van der Waals surface area contributed by atoms with Crippen molar-refractivity contribution in [2.24, 2.45) is 0 Å². The number of amides is 2. The lowest BCUT2D eigenvalue weighted by Gasteiger charge is -2.09. The van der Waals surface area contributed by atoms with E-state index < -0.39 is 5.91 Å². The number of hydrogen-bond donors (Lipinski definition) is 3. The molecule has 3 N–H and O–H groups in total. The average molecular weight is 368 g/mol. The number of carbonyl (C=O) groups excluding carboxylic acids is 2. The summed E-state index contributed by atoms with van der Waals surface area (Å²) in [6.45, 7) is 0. The first-order chi connectivity index (χ1) is 10.1. The SMILES string of the molecule is O=C(NNC(=S)NC(=O)c1ccc(Br)o1)c1ccccc1. The van der Waals surface area contributed by atoms with Gasteiger partial charge in [0, 0.05) is 5.56 Å². The maximum absolute atomic E-state index is 11.7. The minimum atomic E-state index is -0.521. The molecule has 0 aliphatic rings. The molecule has 0 bridgehead atoms. The summed E-state index contributed by atoms with van der Waals surface area (Å²) in [5.74, 6) is -0.791. The lowest BCUT2D eigenvalue weighted by molar-refractivity contribution is 0.0926. The number of nitrogens with one attached hydrogen (secondary N) is 3. The molecule has 6 nitrogen and oxygen atoms in total. The standard InChI is InChI=1S/C13H10BrN3O3S/c14-10-7-6-9(20-10)12(19)15-13(21)17-16-11(18)8-4-2-1-3-5-8/h1-7H,(H,16,18)(H2,15,17,19,21). The maximum Gasteiger partial charge on any atom is 0.293 e. The number of hydrogen-bond acceptors (Lipinski definition) is 4. The molecule has 0 unspecified atom stereocenters. The van der Waals surface area contributed by atoms with Gasteiger partial charge in [-0.3, -0.25) is 25.8 Å². The van der Waals surface area contributed by atoms with E-state index in [1.807, 2.05) is 0 Å². The third-order valence-electron chi connectivity index (χ3n) is 2.35. The van der Waals surface area contributed by atoms with Gasteiger partial charge in [-0.2, -0.15) is 0 Å². The van der Waals surface area contributed by atoms with Crippen LogP contribution in [0.5, 0.6) is 0 Å². The van der Waals surface area contributed by atoms with Gasteiger partial charge in [0.2, 0.25) is 0 Å². The third kappa shape index (κ3) is 4.40. The van der Waals surface area contributed by atoms with Crippen LogP contribution < -0.4 is 16.2 Å². The molecule has 2 aromatic rings. The van der Waals surface area contributed by atoms with Gasteiger partial charge < -0.3 is 4.42 Å². The Balaban J connectivity index is 1.82. The number of benzene rings is 1. The van der Waals surface area contributed by atoms with Crippen LogP contribution in [0.25, 0.3) is 0 Å². The van der Waals surface area contributed by atoms with Gasteiger partial charge in [-0.05, 0) is 52.4 Å². The largest absolute Gasteiger partial charge is 0.444 e. The van der Waals surface area contributed by atoms with Crippen molar-refractivity contribution in [2.45, 2.75) is 0 Å². The van der Waals surface area contributed by atoms with Gasteiger partial charge in [0.15, 0.2) is 15.5 Å². The van der Waals surface area contributed by atoms with Crippen LogP contribution in [0.2, 0.25) is 0 Å². The molecule has 0 saturated heterocycles. The minimum absolute atomic E-state index is 0.0446. The molecule has 1 aromatic heterocycles. The zero-order chi connectivity index (χ0) is 15.2. The molecule has 0 spiro atoms. The van der Waals surface area contributed by atoms with Gasteiger partial charge in [-0.1, -0.05) is 18.2 Å². The predicted molar refractivity (Wildman–Crippen MR) is 83.5 cm³/mol. The van der Waals surface area contributed by atoms with Crippen molar-refractivity contribution in [1.29, 1.82) is 0 Å². The van der Waals surface area contributed by atoms with Crippen LogP contribution in [-0.2, 0) is 0 Å². The van der Waals surface area contributed by atoms with Crippen LogP contribution in [0, 0.1) is 0 Å². The van der Waals surface area contributed by atoms with E-state index in [1.54, 1.807) is 36.4 Å². The highest BCUT2D eigenvalue weighted by Gasteiger charge is 2.12. The second-order valence-electron chi connectivity index (χ2n) is 3.83. The Bertz CT molecular complexity index is 672. The van der Waals surface area contributed by atoms with Gasteiger partial charge >= 0.3 is 0 Å². The van der Waals surface area contributed by atoms with Crippen LogP contribution in [0.15, 0.2) is 51.6 Å². The molecule has 21 heavy (non-hydrogen) atoms. The summed E-state index contributed by atoms with van der Waals surface area (Å²) in [6.07, 6.45) is 0. The Morgan fingerprint density at radius 3 is 2.33 bits per heavy atom. The summed E-state index contributed by atoms with van der Waals surface area (Å²) >= 11 is 7.98. The molecular weight excluding hydrogens is 358 g/mol. The zero-order valence-electron chi connectivity index (χ0n) is 10.6. The first-order valence-corrected chi connectivity index (χ1v) is 6.98. The van der Waals surface area contributed by atoms with Crippen molar-refractivity contribution in [3.05, 3.63) is 58.5 Å². The van der Waals surface area contributed by atoms with E-state index in [0.29, 0.717) is 10.2 Å². The molecule has 0 fully saturated rings. The topological polar surface area (TPSA) is 83.4 Å². The molecule has 0 saturated carbocycles. The number of halogens is 1. The zero-order valence-corrected chi connectivity index (χ0v) is 13.0. The lowest BCUT2D eigenvalue weighted by Crippen LogP contribution is -2.48. The normalized spacial score (nSPS) is 9.76. The van der Waals surface area contributed by atoms with Gasteiger partial charge in [0.1, 0.15) is 0 Å². The Hall–Kier alpha value is -2.19. The second kappa shape index (κ2) is 7.00. The van der Waals surface area contributed by atoms with E-state index >= 15 is 0 Å². The summed E-state index contributed by atoms with van der Waals surface area (Å²) < 4.78 is 5.51. The van der Waals surface area contributed by atoms with Crippen molar-refractivity contribution >= 4 is 45.1 Å². The van der Waals surface area contributed by atoms with E-state index in [4.69, 9.17) is 16.6 Å². The quantitative estimate of drug-likeness (QED) is 0.558. The van der Waals surface area contributed by atoms with Crippen molar-refractivity contribution in [1.82, 2.24) is 16.2 Å². The smallest absolute Gasteiger partial charge is 0.293 e. The lowest BCUT2D eigenvalue weighted by atomic mass is 10.2. The molecule has 0 radical (unpaired) electrons. The minimum Gasteiger partial charge on any atom is -0.444 e. The van der Waals surface area contributed by atoms with Crippen LogP contribution in [0.1, 0.15) is 20.9 Å². The predicted octanol–water partition coefficient (Wildman–Crippen LogP) is 1.99. The fraction of sp³-hybridized carbons (Fsp3) is 0. The van der Waals surface area contributed by atoms with Gasteiger partial charge in [-0.15, -0.1) is 0 Å². The first-order valence-electron chi connectivity index (χ1n) is 5.78. The number of carbonyl (C=O) groups is 2. The fourth-order valence-corrected chi connectivity index (χ4v) is 1.86. The second-order valence-corrected chi connectivity index (χ2v) is 5.02. The Kier molecular flexibility index (Phi) is 5.07. The van der Waals surface area contributed by atoms with Crippen LogP contribution >= 0.6 is 28.1 Å². The molecule has 0 atom stereocenters. The van der Waals surface area contributed by atoms with Gasteiger partial charge in [0.25, 0.3) is 11.8 Å². The monoisotopic (exact) mass is 367 g/mol. The molecule has 2 amide bonds. The van der Waals surface area contributed by atoms with Crippen molar-refractivity contribution < 1.29 is 14.0 Å². The van der Waals surface area contributed by atoms with E-state index in [-0.39, 0.29) is 16.8 Å². The molecular formula is C13H10BrN3O3S. The Morgan fingerprint density at radius 1 is 1.00 bits per heavy atom. The number of hydrazine groups is 1. The summed E-state index contributed by atoms with van der Waals surface area (Å²) in [6, 6.07) is 11.7. The van der Waals surface area contributed by atoms with Crippen molar-refractivity contribution in [2.75, 3.05) is 0 Å². The van der Waals surface area contributed by atoms with E-state index in [9.17, 15) is 9.59 Å². The highest BCUT2D eigenvalue weighted by atomic mass is 79.9. The van der Waals surface area contributed by atoms with Crippen LogP contribution in [-0.4, -0.2) is 16.9 Å². The third-order valence-corrected chi connectivity index (χ3v) is 2.98. The van der Waals surface area contributed by atoms with E-state index in [0.717, 1.165) is 0 Å². The average Bonchev–Trinajstić information content (AvgIpc) is 2.92. The molecule has 1 aromatic carbocycles. The maximum atomic E-state index is 11.7. The Morgan fingerprint density at radius 2 is 1.71 bits per heavy atom. The van der Waals surface area contributed by atoms with Crippen LogP contribution in [0.3, 0.4) is 0 Å². The number of rotatable bonds is 2. The number of thiocarbonyl (C=S) groups is 1. The van der Waals surface area contributed by atoms with E-state index in [2.05, 4.69) is 32.1 Å². The van der Waals surface area contributed by atoms with Gasteiger partial charge in [0.05, 0.1) is 0 Å². The molecule has 108 valence electrons. The van der Waals surface area contributed by atoms with Gasteiger partial charge in [-0.25, -0.2) is 0 Å². The van der Waals surface area contributed by atoms with Crippen molar-refractivity contribution in [3.63, 3.8) is 0 Å². The first kappa shape index (κ1) is 15.2. The summed E-state index contributed by atoms with van der Waals surface area (Å²) in [5, 5.41) is 2.32. The summed E-state index contributed by atoms with van der Waals surface area (Å²) in [7, 11) is 0. The number of furan rings is 1. The highest BCUT2D eigenvalue weighted by Crippen LogP contribution is 2.13. The fourth-order valence-electron chi connectivity index (χ4n) is 1.41. The highest BCUT2D eigenvalue weighted by molar-refractivity contribution is 9.10. The molecule has 1 heterocycles. The molecule has 0 aliphatic carbocycles. The molecule has 2 rings (SSSR count).